The van der Waals surface area contributed by atoms with Gasteiger partial charge in [-0.15, -0.1) is 0 Å². The van der Waals surface area contributed by atoms with E-state index in [0.29, 0.717) is 18.7 Å². The third-order valence-corrected chi connectivity index (χ3v) is 3.29. The fourth-order valence-corrected chi connectivity index (χ4v) is 2.29. The van der Waals surface area contributed by atoms with Crippen molar-refractivity contribution in [3.8, 4) is 0 Å². The van der Waals surface area contributed by atoms with E-state index in [2.05, 4.69) is 5.32 Å². The molecule has 2 N–H and O–H groups in total. The number of carboxylic acids is 1. The summed E-state index contributed by atoms with van der Waals surface area (Å²) < 4.78 is 0. The molecule has 0 saturated heterocycles. The number of unbranched alkanes of at least 4 members (excludes halogenated alkanes) is 1. The van der Waals surface area contributed by atoms with Gasteiger partial charge in [0.2, 0.25) is 0 Å². The molecule has 0 radical (unpaired) electrons. The fraction of sp³-hybridized carbons (Fsp3) is 0.429. The molecule has 102 valence electrons. The van der Waals surface area contributed by atoms with Crippen LogP contribution in [-0.2, 0) is 11.2 Å². The van der Waals surface area contributed by atoms with Crippen LogP contribution in [0.4, 0.5) is 10.5 Å². The lowest BCUT2D eigenvalue weighted by atomic mass is 10.1. The molecular weight excluding hydrogens is 244 g/mol. The van der Waals surface area contributed by atoms with E-state index >= 15 is 0 Å². The molecule has 1 aromatic carbocycles. The third-order valence-electron chi connectivity index (χ3n) is 3.29. The van der Waals surface area contributed by atoms with Gasteiger partial charge in [0.1, 0.15) is 6.04 Å². The molecule has 1 atom stereocenters. The highest BCUT2D eigenvalue weighted by Gasteiger charge is 2.38. The molecule has 0 aromatic heterocycles. The lowest BCUT2D eigenvalue weighted by Crippen LogP contribution is -2.48. The average molecular weight is 262 g/mol. The molecular formula is C14H18N2O3. The smallest absolute Gasteiger partial charge is 0.327 e. The monoisotopic (exact) mass is 262 g/mol. The highest BCUT2D eigenvalue weighted by Crippen LogP contribution is 2.32. The van der Waals surface area contributed by atoms with Crippen molar-refractivity contribution < 1.29 is 14.7 Å². The van der Waals surface area contributed by atoms with Gasteiger partial charge in [-0.25, -0.2) is 9.59 Å². The first-order chi connectivity index (χ1) is 9.15. The molecule has 2 amide bonds. The zero-order valence-electron chi connectivity index (χ0n) is 10.9. The van der Waals surface area contributed by atoms with E-state index in [0.717, 1.165) is 18.4 Å². The minimum absolute atomic E-state index is 0.328. The fourth-order valence-electron chi connectivity index (χ4n) is 2.29. The highest BCUT2D eigenvalue weighted by molar-refractivity contribution is 6.01. The van der Waals surface area contributed by atoms with Gasteiger partial charge in [0.15, 0.2) is 0 Å². The highest BCUT2D eigenvalue weighted by atomic mass is 16.4. The van der Waals surface area contributed by atoms with Crippen LogP contribution in [0.5, 0.6) is 0 Å². The first kappa shape index (κ1) is 13.4. The molecule has 0 saturated carbocycles. The second kappa shape index (κ2) is 5.73. The van der Waals surface area contributed by atoms with Crippen molar-refractivity contribution in [1.82, 2.24) is 5.32 Å². The number of nitrogens with zero attached hydrogens (tertiary/aromatic N) is 1. The first-order valence-electron chi connectivity index (χ1n) is 6.53. The summed E-state index contributed by atoms with van der Waals surface area (Å²) in [6, 6.07) is 6.19. The van der Waals surface area contributed by atoms with E-state index in [1.165, 1.54) is 4.90 Å². The first-order valence-corrected chi connectivity index (χ1v) is 6.53. The van der Waals surface area contributed by atoms with Crippen LogP contribution < -0.4 is 10.2 Å². The minimum atomic E-state index is -0.971. The molecule has 5 heteroatoms. The number of amides is 2. The number of carbonyl (C=O) groups excluding carboxylic acids is 1. The summed E-state index contributed by atoms with van der Waals surface area (Å²) in [7, 11) is 0. The Morgan fingerprint density at radius 3 is 2.84 bits per heavy atom. The van der Waals surface area contributed by atoms with E-state index in [4.69, 9.17) is 0 Å². The number of rotatable bonds is 4. The molecule has 0 unspecified atom stereocenters. The molecule has 1 aliphatic rings. The summed E-state index contributed by atoms with van der Waals surface area (Å²) >= 11 is 0. The number of fused-ring (bicyclic) bond motifs is 1. The van der Waals surface area contributed by atoms with E-state index < -0.39 is 12.0 Å². The molecule has 0 fully saturated rings. The summed E-state index contributed by atoms with van der Waals surface area (Å²) in [6.45, 7) is 2.61. The van der Waals surface area contributed by atoms with Gasteiger partial charge >= 0.3 is 12.0 Å². The average Bonchev–Trinajstić information content (AvgIpc) is 2.78. The summed E-state index contributed by atoms with van der Waals surface area (Å²) in [4.78, 5) is 24.8. The maximum Gasteiger partial charge on any atom is 0.327 e. The number of para-hydroxylation sites is 1. The standard InChI is InChI=1S/C14H18N2O3/c1-2-3-8-15-14(19)16-11-7-5-4-6-10(11)9-12(16)13(17)18/h4-7,12H,2-3,8-9H2,1H3,(H,15,19)(H,17,18)/t12-/m0/s1. The lowest BCUT2D eigenvalue weighted by Gasteiger charge is -2.22. The van der Waals surface area contributed by atoms with Crippen molar-refractivity contribution in [2.75, 3.05) is 11.4 Å². The number of carbonyl (C=O) groups is 2. The molecule has 5 nitrogen and oxygen atoms in total. The molecule has 19 heavy (non-hydrogen) atoms. The number of hydrogen-bond donors (Lipinski definition) is 2. The Hall–Kier alpha value is -2.04. The van der Waals surface area contributed by atoms with Crippen molar-refractivity contribution in [2.24, 2.45) is 0 Å². The molecule has 1 heterocycles. The van der Waals surface area contributed by atoms with Crippen molar-refractivity contribution in [3.63, 3.8) is 0 Å². The summed E-state index contributed by atoms with van der Waals surface area (Å²) in [5.41, 5.74) is 1.60. The summed E-state index contributed by atoms with van der Waals surface area (Å²) in [5, 5.41) is 12.0. The molecule has 1 aliphatic heterocycles. The third kappa shape index (κ3) is 2.70. The van der Waals surface area contributed by atoms with Crippen LogP contribution in [0.2, 0.25) is 0 Å². The quantitative estimate of drug-likeness (QED) is 0.815. The van der Waals surface area contributed by atoms with Crippen LogP contribution in [0.25, 0.3) is 0 Å². The van der Waals surface area contributed by atoms with Crippen molar-refractivity contribution in [3.05, 3.63) is 29.8 Å². The van der Waals surface area contributed by atoms with Gasteiger partial charge in [-0.1, -0.05) is 31.5 Å². The SMILES string of the molecule is CCCCNC(=O)N1c2ccccc2C[C@H]1C(=O)O. The number of benzene rings is 1. The van der Waals surface area contributed by atoms with Crippen LogP contribution in [0.15, 0.2) is 24.3 Å². The summed E-state index contributed by atoms with van der Waals surface area (Å²) in [5.74, 6) is -0.971. The Kier molecular flexibility index (Phi) is 4.04. The van der Waals surface area contributed by atoms with Crippen LogP contribution in [-0.4, -0.2) is 29.7 Å². The number of carboxylic acid groups (broad SMARTS) is 1. The van der Waals surface area contributed by atoms with Gasteiger partial charge in [0, 0.05) is 18.7 Å². The van der Waals surface area contributed by atoms with Crippen LogP contribution in [0.1, 0.15) is 25.3 Å². The minimum Gasteiger partial charge on any atom is -0.480 e. The number of urea groups is 1. The second-order valence-corrected chi connectivity index (χ2v) is 4.64. The Balaban J connectivity index is 2.19. The van der Waals surface area contributed by atoms with Gasteiger partial charge in [0.05, 0.1) is 0 Å². The normalized spacial score (nSPS) is 17.1. The van der Waals surface area contributed by atoms with Gasteiger partial charge in [-0.05, 0) is 18.1 Å². The van der Waals surface area contributed by atoms with Gasteiger partial charge in [-0.2, -0.15) is 0 Å². The van der Waals surface area contributed by atoms with Crippen LogP contribution >= 0.6 is 0 Å². The van der Waals surface area contributed by atoms with Crippen LogP contribution in [0, 0.1) is 0 Å². The van der Waals surface area contributed by atoms with E-state index in [-0.39, 0.29) is 6.03 Å². The maximum absolute atomic E-state index is 12.1. The molecule has 1 aromatic rings. The van der Waals surface area contributed by atoms with Gasteiger partial charge < -0.3 is 10.4 Å². The lowest BCUT2D eigenvalue weighted by molar-refractivity contribution is -0.138. The largest absolute Gasteiger partial charge is 0.480 e. The molecule has 2 rings (SSSR count). The number of anilines is 1. The van der Waals surface area contributed by atoms with Crippen molar-refractivity contribution >= 4 is 17.7 Å². The van der Waals surface area contributed by atoms with Crippen LogP contribution in [0.3, 0.4) is 0 Å². The predicted molar refractivity (Wildman–Crippen MR) is 72.4 cm³/mol. The summed E-state index contributed by atoms with van der Waals surface area (Å²) in [6.07, 6.45) is 2.24. The zero-order chi connectivity index (χ0) is 13.8. The second-order valence-electron chi connectivity index (χ2n) is 4.64. The topological polar surface area (TPSA) is 69.6 Å². The van der Waals surface area contributed by atoms with Gasteiger partial charge in [-0.3, -0.25) is 4.90 Å². The Morgan fingerprint density at radius 2 is 2.16 bits per heavy atom. The zero-order valence-corrected chi connectivity index (χ0v) is 10.9. The molecule has 0 aliphatic carbocycles. The van der Waals surface area contributed by atoms with E-state index in [1.54, 1.807) is 6.07 Å². The molecule has 0 spiro atoms. The number of hydrogen-bond acceptors (Lipinski definition) is 2. The Morgan fingerprint density at radius 1 is 1.42 bits per heavy atom. The van der Waals surface area contributed by atoms with Crippen molar-refractivity contribution in [2.45, 2.75) is 32.2 Å². The predicted octanol–water partition coefficient (Wildman–Crippen LogP) is 2.01. The van der Waals surface area contributed by atoms with Gasteiger partial charge in [0.25, 0.3) is 0 Å². The maximum atomic E-state index is 12.1. The Labute approximate surface area is 112 Å². The Bertz CT molecular complexity index is 487. The number of nitrogens with one attached hydrogen (secondary N) is 1. The number of aliphatic carboxylic acids is 1. The van der Waals surface area contributed by atoms with Crippen molar-refractivity contribution in [1.29, 1.82) is 0 Å². The van der Waals surface area contributed by atoms with E-state index in [1.807, 2.05) is 25.1 Å². The molecule has 0 bridgehead atoms. The van der Waals surface area contributed by atoms with E-state index in [9.17, 15) is 14.7 Å².